The van der Waals surface area contributed by atoms with Gasteiger partial charge in [-0.25, -0.2) is 9.97 Å². The van der Waals surface area contributed by atoms with Gasteiger partial charge in [-0.3, -0.25) is 4.79 Å². The summed E-state index contributed by atoms with van der Waals surface area (Å²) in [5, 5.41) is 5.71. The first-order valence-corrected chi connectivity index (χ1v) is 11.3. The lowest BCUT2D eigenvalue weighted by Crippen LogP contribution is -2.27. The van der Waals surface area contributed by atoms with Crippen molar-refractivity contribution < 1.29 is 4.79 Å². The first kappa shape index (κ1) is 17.8. The van der Waals surface area contributed by atoms with Gasteiger partial charge in [0.25, 0.3) is 0 Å². The molecule has 8 heteroatoms. The fourth-order valence-electron chi connectivity index (χ4n) is 3.21. The first-order valence-electron chi connectivity index (χ1n) is 8.57. The molecule has 0 bridgehead atoms. The Kier molecular flexibility index (Phi) is 5.15. The van der Waals surface area contributed by atoms with Crippen LogP contribution < -0.4 is 5.73 Å². The normalized spacial score (nSPS) is 13.7. The number of thioether (sulfide) groups is 1. The molecule has 5 nitrogen and oxygen atoms in total. The van der Waals surface area contributed by atoms with E-state index in [0.29, 0.717) is 23.3 Å². The second-order valence-electron chi connectivity index (χ2n) is 6.45. The largest absolute Gasteiger partial charge is 0.383 e. The van der Waals surface area contributed by atoms with Crippen LogP contribution in [0, 0.1) is 0 Å². The van der Waals surface area contributed by atoms with Crippen LogP contribution in [-0.2, 0) is 24.2 Å². The van der Waals surface area contributed by atoms with Crippen molar-refractivity contribution in [3.8, 4) is 0 Å². The Bertz CT molecular complexity index is 936. The summed E-state index contributed by atoms with van der Waals surface area (Å²) in [6.07, 6.45) is 4.63. The maximum atomic E-state index is 12.4. The Morgan fingerprint density at radius 3 is 3.00 bits per heavy atom. The molecule has 0 spiro atoms. The maximum absolute atomic E-state index is 12.4. The Morgan fingerprint density at radius 1 is 1.35 bits per heavy atom. The summed E-state index contributed by atoms with van der Waals surface area (Å²) in [6.45, 7) is 0.628. The number of fused-ring (bicyclic) bond motifs is 3. The van der Waals surface area contributed by atoms with Gasteiger partial charge in [0.15, 0.2) is 5.16 Å². The number of hydrogen-bond acceptors (Lipinski definition) is 7. The van der Waals surface area contributed by atoms with E-state index < -0.39 is 0 Å². The zero-order chi connectivity index (χ0) is 18.1. The number of amides is 1. The molecule has 3 heterocycles. The van der Waals surface area contributed by atoms with Gasteiger partial charge in [0, 0.05) is 18.5 Å². The smallest absolute Gasteiger partial charge is 0.233 e. The van der Waals surface area contributed by atoms with Crippen LogP contribution >= 0.6 is 34.4 Å². The van der Waals surface area contributed by atoms with E-state index in [-0.39, 0.29) is 5.91 Å². The molecule has 0 saturated carbocycles. The SMILES string of the molecule is CN(Cc1ccsc1)C(=O)CSc1nc(N)c2c3c(sc2n1)CCCC3. The quantitative estimate of drug-likeness (QED) is 0.515. The molecule has 1 amide bonds. The van der Waals surface area contributed by atoms with Crippen molar-refractivity contribution >= 4 is 56.4 Å². The minimum Gasteiger partial charge on any atom is -0.383 e. The van der Waals surface area contributed by atoms with Crippen molar-refractivity contribution in [3.63, 3.8) is 0 Å². The fraction of sp³-hybridized carbons (Fsp3) is 0.389. The number of nitrogens with two attached hydrogens (primary N) is 1. The highest BCUT2D eigenvalue weighted by molar-refractivity contribution is 7.99. The average molecular weight is 405 g/mol. The molecular formula is C18H20N4OS3. The van der Waals surface area contributed by atoms with Gasteiger partial charge in [0.2, 0.25) is 5.91 Å². The Balaban J connectivity index is 1.46. The van der Waals surface area contributed by atoms with Crippen molar-refractivity contribution in [2.45, 2.75) is 37.4 Å². The van der Waals surface area contributed by atoms with Gasteiger partial charge in [-0.1, -0.05) is 11.8 Å². The lowest BCUT2D eigenvalue weighted by molar-refractivity contribution is -0.127. The van der Waals surface area contributed by atoms with Gasteiger partial charge in [-0.15, -0.1) is 11.3 Å². The van der Waals surface area contributed by atoms with Gasteiger partial charge >= 0.3 is 0 Å². The zero-order valence-electron chi connectivity index (χ0n) is 14.5. The summed E-state index contributed by atoms with van der Waals surface area (Å²) < 4.78 is 0. The summed E-state index contributed by atoms with van der Waals surface area (Å²) in [7, 11) is 1.83. The molecule has 2 N–H and O–H groups in total. The van der Waals surface area contributed by atoms with Gasteiger partial charge < -0.3 is 10.6 Å². The van der Waals surface area contributed by atoms with Crippen LogP contribution in [-0.4, -0.2) is 33.6 Å². The number of nitrogen functional groups attached to an aromatic ring is 1. The number of aromatic nitrogens is 2. The van der Waals surface area contributed by atoms with Gasteiger partial charge in [-0.2, -0.15) is 11.3 Å². The third kappa shape index (κ3) is 3.58. The second kappa shape index (κ2) is 7.54. The Morgan fingerprint density at radius 2 is 2.19 bits per heavy atom. The van der Waals surface area contributed by atoms with Crippen LogP contribution in [0.25, 0.3) is 10.2 Å². The summed E-state index contributed by atoms with van der Waals surface area (Å²) in [5.41, 5.74) is 8.73. The van der Waals surface area contributed by atoms with E-state index in [0.717, 1.165) is 28.6 Å². The van der Waals surface area contributed by atoms with Crippen LogP contribution in [0.2, 0.25) is 0 Å². The number of thiophene rings is 2. The van der Waals surface area contributed by atoms with E-state index in [9.17, 15) is 4.79 Å². The van der Waals surface area contributed by atoms with Crippen molar-refractivity contribution in [2.24, 2.45) is 0 Å². The summed E-state index contributed by atoms with van der Waals surface area (Å²) in [5.74, 6) is 0.932. The number of carbonyl (C=O) groups is 1. The second-order valence-corrected chi connectivity index (χ2v) is 9.26. The van der Waals surface area contributed by atoms with Crippen LogP contribution in [0.3, 0.4) is 0 Å². The lowest BCUT2D eigenvalue weighted by Gasteiger charge is -2.16. The number of rotatable bonds is 5. The van der Waals surface area contributed by atoms with Crippen molar-refractivity contribution in [1.82, 2.24) is 14.9 Å². The van der Waals surface area contributed by atoms with Crippen molar-refractivity contribution in [2.75, 3.05) is 18.5 Å². The molecule has 3 aromatic rings. The first-order chi connectivity index (χ1) is 12.6. The number of nitrogens with zero attached hydrogens (tertiary/aromatic N) is 3. The number of anilines is 1. The monoisotopic (exact) mass is 404 g/mol. The number of aryl methyl sites for hydroxylation is 2. The van der Waals surface area contributed by atoms with Crippen LogP contribution in [0.4, 0.5) is 5.82 Å². The van der Waals surface area contributed by atoms with Crippen LogP contribution in [0.15, 0.2) is 22.0 Å². The predicted molar refractivity (Wildman–Crippen MR) is 110 cm³/mol. The molecule has 0 saturated heterocycles. The van der Waals surface area contributed by atoms with E-state index in [1.807, 2.05) is 18.5 Å². The minimum absolute atomic E-state index is 0.0638. The van der Waals surface area contributed by atoms with Crippen LogP contribution in [0.5, 0.6) is 0 Å². The standard InChI is InChI=1S/C18H20N4OS3/c1-22(8-11-6-7-24-9-11)14(23)10-25-18-20-16(19)15-12-4-2-3-5-13(12)26-17(15)21-18/h6-7,9H,2-5,8,10H2,1H3,(H2,19,20,21). The molecule has 0 fully saturated rings. The molecule has 0 unspecified atom stereocenters. The van der Waals surface area contributed by atoms with Crippen molar-refractivity contribution in [3.05, 3.63) is 32.8 Å². The van der Waals surface area contributed by atoms with E-state index in [2.05, 4.69) is 15.3 Å². The van der Waals surface area contributed by atoms with E-state index in [1.54, 1.807) is 27.6 Å². The number of hydrogen-bond donors (Lipinski definition) is 1. The molecule has 0 atom stereocenters. The highest BCUT2D eigenvalue weighted by atomic mass is 32.2. The zero-order valence-corrected chi connectivity index (χ0v) is 17.0. The number of carbonyl (C=O) groups excluding carboxylic acids is 1. The third-order valence-electron chi connectivity index (χ3n) is 4.57. The van der Waals surface area contributed by atoms with Crippen molar-refractivity contribution in [1.29, 1.82) is 0 Å². The molecule has 0 aromatic carbocycles. The molecule has 136 valence electrons. The lowest BCUT2D eigenvalue weighted by atomic mass is 9.97. The topological polar surface area (TPSA) is 72.1 Å². The van der Waals surface area contributed by atoms with E-state index >= 15 is 0 Å². The summed E-state index contributed by atoms with van der Waals surface area (Å²) in [6, 6.07) is 2.04. The predicted octanol–water partition coefficient (Wildman–Crippen LogP) is 3.96. The summed E-state index contributed by atoms with van der Waals surface area (Å²) >= 11 is 4.73. The fourth-order valence-corrected chi connectivity index (χ4v) is 5.99. The van der Waals surface area contributed by atoms with E-state index in [4.69, 9.17) is 5.73 Å². The molecule has 0 radical (unpaired) electrons. The molecule has 4 rings (SSSR count). The molecular weight excluding hydrogens is 384 g/mol. The Hall–Kier alpha value is -1.64. The third-order valence-corrected chi connectivity index (χ3v) is 7.32. The molecule has 1 aliphatic carbocycles. The molecule has 26 heavy (non-hydrogen) atoms. The van der Waals surface area contributed by atoms with E-state index in [1.165, 1.54) is 35.0 Å². The highest BCUT2D eigenvalue weighted by Gasteiger charge is 2.20. The molecule has 1 aliphatic rings. The Labute approximate surface area is 164 Å². The van der Waals surface area contributed by atoms with Crippen LogP contribution in [0.1, 0.15) is 28.8 Å². The summed E-state index contributed by atoms with van der Waals surface area (Å²) in [4.78, 5) is 25.6. The highest BCUT2D eigenvalue weighted by Crippen LogP contribution is 2.38. The average Bonchev–Trinajstić information content (AvgIpc) is 3.26. The van der Waals surface area contributed by atoms with Gasteiger partial charge in [0.05, 0.1) is 11.1 Å². The minimum atomic E-state index is 0.0638. The molecule has 3 aromatic heterocycles. The van der Waals surface area contributed by atoms with Gasteiger partial charge in [-0.05, 0) is 53.6 Å². The van der Waals surface area contributed by atoms with Gasteiger partial charge in [0.1, 0.15) is 10.6 Å². The maximum Gasteiger partial charge on any atom is 0.233 e. The molecule has 0 aliphatic heterocycles.